The second-order valence-electron chi connectivity index (χ2n) is 10.9. The predicted molar refractivity (Wildman–Crippen MR) is 138 cm³/mol. The van der Waals surface area contributed by atoms with Crippen LogP contribution in [0.2, 0.25) is 0 Å². The van der Waals surface area contributed by atoms with Crippen LogP contribution < -0.4 is 33.6 Å². The van der Waals surface area contributed by atoms with Crippen LogP contribution in [0.15, 0.2) is 0 Å². The molecule has 3 aliphatic rings. The zero-order valence-electron chi connectivity index (χ0n) is 22.3. The number of nitrogens with two attached hydrogens (primary N) is 4. The summed E-state index contributed by atoms with van der Waals surface area (Å²) in [6, 6.07) is -3.83. The monoisotopic (exact) mass is 584 g/mol. The Morgan fingerprint density at radius 1 is 0.875 bits per heavy atom. The van der Waals surface area contributed by atoms with E-state index in [0.717, 1.165) is 0 Å². The minimum absolute atomic E-state index is 0.0274. The first-order valence-electron chi connectivity index (χ1n) is 13.6. The van der Waals surface area contributed by atoms with Gasteiger partial charge in [0, 0.05) is 44.2 Å². The summed E-state index contributed by atoms with van der Waals surface area (Å²) in [7, 11) is 0. The van der Waals surface area contributed by atoms with E-state index in [1.54, 1.807) is 0 Å². The number of rotatable bonds is 12. The van der Waals surface area contributed by atoms with Crippen LogP contribution in [0.25, 0.3) is 0 Å². The molecule has 16 atom stereocenters. The number of hydrogen-bond donors (Lipinski definition) is 14. The van der Waals surface area contributed by atoms with Gasteiger partial charge in [-0.15, -0.1) is 0 Å². The SMILES string of the molecule is NCC(O)CNC1CC(N)C(C2OC(CNCCO)C(O)C(O)C2N)C(O)C1OC1OC(CO)C(O)C(N)C1O. The molecule has 40 heavy (non-hydrogen) atoms. The van der Waals surface area contributed by atoms with Gasteiger partial charge in [0.2, 0.25) is 0 Å². The molecule has 0 aromatic carbocycles. The Morgan fingerprint density at radius 2 is 1.57 bits per heavy atom. The fourth-order valence-corrected chi connectivity index (χ4v) is 5.72. The van der Waals surface area contributed by atoms with E-state index >= 15 is 0 Å². The molecule has 17 heteroatoms. The minimum atomic E-state index is -1.53. The molecule has 1 saturated carbocycles. The molecule has 0 aromatic rings. The minimum Gasteiger partial charge on any atom is -0.395 e. The normalized spacial score (nSPS) is 47.2. The molecule has 2 saturated heterocycles. The Bertz CT molecular complexity index is 762. The Hall–Kier alpha value is -0.680. The van der Waals surface area contributed by atoms with E-state index in [2.05, 4.69) is 10.6 Å². The molecule has 236 valence electrons. The Balaban J connectivity index is 1.86. The summed E-state index contributed by atoms with van der Waals surface area (Å²) in [5.74, 6) is -0.936. The highest BCUT2D eigenvalue weighted by molar-refractivity contribution is 5.08. The maximum atomic E-state index is 11.6. The van der Waals surface area contributed by atoms with Crippen molar-refractivity contribution in [3.8, 4) is 0 Å². The highest BCUT2D eigenvalue weighted by atomic mass is 16.7. The predicted octanol–water partition coefficient (Wildman–Crippen LogP) is -8.48. The molecule has 16 unspecified atom stereocenters. The van der Waals surface area contributed by atoms with Gasteiger partial charge in [0.25, 0.3) is 0 Å². The third-order valence-corrected chi connectivity index (χ3v) is 8.11. The standard InChI is InChI=1S/C23H48N6O11/c24-4-8(32)5-29-10-3-9(25)13(22-15(27)19(36)17(34)11(38-22)6-28-1-2-30)18(35)21(10)40-23-20(37)14(26)16(33)12(7-31)39-23/h8-23,28-37H,1-7,24-27H2. The van der Waals surface area contributed by atoms with Crippen LogP contribution in [0, 0.1) is 5.92 Å². The van der Waals surface area contributed by atoms with Crippen molar-refractivity contribution in [1.82, 2.24) is 10.6 Å². The van der Waals surface area contributed by atoms with Gasteiger partial charge in [0.05, 0.1) is 49.7 Å². The number of aliphatic hydroxyl groups is 8. The molecule has 2 aliphatic heterocycles. The van der Waals surface area contributed by atoms with Crippen molar-refractivity contribution in [3.63, 3.8) is 0 Å². The number of ether oxygens (including phenoxy) is 3. The lowest BCUT2D eigenvalue weighted by Gasteiger charge is -2.52. The third kappa shape index (κ3) is 7.44. The lowest BCUT2D eigenvalue weighted by atomic mass is 9.71. The fraction of sp³-hybridized carbons (Fsp3) is 1.00. The van der Waals surface area contributed by atoms with E-state index in [-0.39, 0.29) is 39.2 Å². The summed E-state index contributed by atoms with van der Waals surface area (Å²) in [5, 5.41) is 88.3. The largest absolute Gasteiger partial charge is 0.395 e. The van der Waals surface area contributed by atoms with Gasteiger partial charge in [-0.25, -0.2) is 0 Å². The molecule has 0 spiro atoms. The summed E-state index contributed by atoms with van der Waals surface area (Å²) >= 11 is 0. The van der Waals surface area contributed by atoms with E-state index in [1.165, 1.54) is 0 Å². The third-order valence-electron chi connectivity index (χ3n) is 8.11. The van der Waals surface area contributed by atoms with Gasteiger partial charge in [-0.1, -0.05) is 0 Å². The first kappa shape index (κ1) is 33.8. The molecule has 0 radical (unpaired) electrons. The maximum absolute atomic E-state index is 11.6. The number of hydrogen-bond acceptors (Lipinski definition) is 17. The second-order valence-corrected chi connectivity index (χ2v) is 10.9. The van der Waals surface area contributed by atoms with Crippen molar-refractivity contribution < 1.29 is 55.1 Å². The van der Waals surface area contributed by atoms with Crippen molar-refractivity contribution in [2.45, 2.75) is 97.9 Å². The van der Waals surface area contributed by atoms with Gasteiger partial charge >= 0.3 is 0 Å². The Morgan fingerprint density at radius 3 is 2.20 bits per heavy atom. The van der Waals surface area contributed by atoms with Crippen LogP contribution >= 0.6 is 0 Å². The second kappa shape index (κ2) is 15.2. The average molecular weight is 585 g/mol. The molecule has 1 aliphatic carbocycles. The molecule has 2 heterocycles. The first-order valence-corrected chi connectivity index (χ1v) is 13.6. The topological polar surface area (TPSA) is 318 Å². The molecule has 0 bridgehead atoms. The average Bonchev–Trinajstić information content (AvgIpc) is 2.94. The first-order chi connectivity index (χ1) is 19.0. The molecule has 0 aromatic heterocycles. The number of nitrogens with one attached hydrogen (secondary N) is 2. The highest BCUT2D eigenvalue weighted by Gasteiger charge is 2.55. The Labute approximate surface area is 232 Å². The molecule has 3 fully saturated rings. The lowest BCUT2D eigenvalue weighted by Crippen LogP contribution is -2.72. The molecule has 3 rings (SSSR count). The lowest BCUT2D eigenvalue weighted by molar-refractivity contribution is -0.308. The summed E-state index contributed by atoms with van der Waals surface area (Å²) in [6.07, 6.45) is -13.6. The van der Waals surface area contributed by atoms with Crippen LogP contribution in [-0.4, -0.2) is 172 Å². The highest BCUT2D eigenvalue weighted by Crippen LogP contribution is 2.36. The summed E-state index contributed by atoms with van der Waals surface area (Å²) in [6.45, 7) is -0.471. The molecular formula is C23H48N6O11. The van der Waals surface area contributed by atoms with Crippen LogP contribution in [0.5, 0.6) is 0 Å². The van der Waals surface area contributed by atoms with Crippen LogP contribution in [0.1, 0.15) is 6.42 Å². The number of aliphatic hydroxyl groups excluding tert-OH is 8. The van der Waals surface area contributed by atoms with E-state index in [1.807, 2.05) is 0 Å². The van der Waals surface area contributed by atoms with Gasteiger partial charge in [-0.2, -0.15) is 0 Å². The quantitative estimate of drug-likeness (QED) is 0.0946. The molecule has 0 amide bonds. The van der Waals surface area contributed by atoms with Crippen molar-refractivity contribution in [3.05, 3.63) is 0 Å². The molecular weight excluding hydrogens is 536 g/mol. The van der Waals surface area contributed by atoms with Crippen molar-refractivity contribution in [2.24, 2.45) is 28.9 Å². The van der Waals surface area contributed by atoms with Gasteiger partial charge in [-0.3, -0.25) is 0 Å². The van der Waals surface area contributed by atoms with E-state index < -0.39 is 104 Å². The Kier molecular flexibility index (Phi) is 12.8. The smallest absolute Gasteiger partial charge is 0.186 e. The van der Waals surface area contributed by atoms with Crippen LogP contribution in [0.3, 0.4) is 0 Å². The van der Waals surface area contributed by atoms with E-state index in [4.69, 9.17) is 42.3 Å². The van der Waals surface area contributed by atoms with Crippen molar-refractivity contribution >= 4 is 0 Å². The van der Waals surface area contributed by atoms with Gasteiger partial charge < -0.3 is 88.6 Å². The van der Waals surface area contributed by atoms with Gasteiger partial charge in [0.1, 0.15) is 36.6 Å². The van der Waals surface area contributed by atoms with Crippen molar-refractivity contribution in [1.29, 1.82) is 0 Å². The zero-order valence-corrected chi connectivity index (χ0v) is 22.3. The van der Waals surface area contributed by atoms with E-state index in [9.17, 15) is 35.7 Å². The molecule has 17 nitrogen and oxygen atoms in total. The fourth-order valence-electron chi connectivity index (χ4n) is 5.72. The van der Waals surface area contributed by atoms with Crippen LogP contribution in [0.4, 0.5) is 0 Å². The zero-order chi connectivity index (χ0) is 29.7. The van der Waals surface area contributed by atoms with Gasteiger partial charge in [-0.05, 0) is 6.42 Å². The van der Waals surface area contributed by atoms with Crippen LogP contribution in [-0.2, 0) is 14.2 Å². The summed E-state index contributed by atoms with van der Waals surface area (Å²) < 4.78 is 17.7. The van der Waals surface area contributed by atoms with E-state index in [0.29, 0.717) is 0 Å². The van der Waals surface area contributed by atoms with Gasteiger partial charge in [0.15, 0.2) is 6.29 Å². The molecule has 18 N–H and O–H groups in total. The maximum Gasteiger partial charge on any atom is 0.186 e. The summed E-state index contributed by atoms with van der Waals surface area (Å²) in [5.41, 5.74) is 24.2. The van der Waals surface area contributed by atoms with Crippen molar-refractivity contribution in [2.75, 3.05) is 39.4 Å². The summed E-state index contributed by atoms with van der Waals surface area (Å²) in [4.78, 5) is 0.